The predicted molar refractivity (Wildman–Crippen MR) is 165 cm³/mol. The highest BCUT2D eigenvalue weighted by Gasteiger charge is 2.22. The van der Waals surface area contributed by atoms with Crippen molar-refractivity contribution in [2.24, 2.45) is 0 Å². The molecule has 0 saturated carbocycles. The number of benzene rings is 4. The molecule has 0 saturated heterocycles. The fourth-order valence-corrected chi connectivity index (χ4v) is 4.34. The van der Waals surface area contributed by atoms with Gasteiger partial charge in [0.2, 0.25) is 5.91 Å². The molecule has 0 radical (unpaired) electrons. The lowest BCUT2D eigenvalue weighted by molar-refractivity contribution is -0.717. The zero-order valence-corrected chi connectivity index (χ0v) is 24.3. The Hall–Kier alpha value is -6.90. The van der Waals surface area contributed by atoms with Crippen molar-refractivity contribution in [1.29, 1.82) is 0 Å². The van der Waals surface area contributed by atoms with E-state index in [1.165, 1.54) is 16.5 Å². The molecule has 0 aliphatic rings. The minimum atomic E-state index is -0.383. The fourth-order valence-electron chi connectivity index (χ4n) is 4.34. The molecule has 0 fully saturated rings. The van der Waals surface area contributed by atoms with Crippen LogP contribution in [-0.4, -0.2) is 50.8 Å². The van der Waals surface area contributed by atoms with E-state index in [4.69, 9.17) is 0 Å². The molecule has 15 heteroatoms. The van der Waals surface area contributed by atoms with E-state index in [0.717, 1.165) is 11.4 Å². The van der Waals surface area contributed by atoms with Crippen molar-refractivity contribution >= 4 is 35.6 Å². The van der Waals surface area contributed by atoms with Gasteiger partial charge in [0.25, 0.3) is 0 Å². The molecule has 0 atom stereocenters. The molecule has 4 aromatic carbocycles. The summed E-state index contributed by atoms with van der Waals surface area (Å²) in [6, 6.07) is 37.7. The second kappa shape index (κ2) is 12.4. The fraction of sp³-hybridized carbons (Fsp3) is 0.0323. The number of anilines is 1. The second-order valence-electron chi connectivity index (χ2n) is 9.69. The molecule has 1 N–H and O–H groups in total. The number of tetrazole rings is 2. The highest BCUT2D eigenvalue weighted by molar-refractivity contribution is 5.87. The van der Waals surface area contributed by atoms with Crippen molar-refractivity contribution in [3.8, 4) is 22.7 Å². The number of carbonyl (C=O) groups excluding carboxylic acids is 1. The van der Waals surface area contributed by atoms with Crippen molar-refractivity contribution < 1.29 is 14.4 Å². The molecule has 15 nitrogen and oxygen atoms in total. The zero-order chi connectivity index (χ0) is 31.3. The van der Waals surface area contributed by atoms with Gasteiger partial charge in [-0.25, -0.2) is 10.6 Å². The smallest absolute Gasteiger partial charge is 0.300 e. The number of nitrogens with zero attached hydrogens (tertiary/aromatic N) is 13. The molecular weight excluding hydrogens is 584 g/mol. The molecule has 3 aromatic heterocycles. The van der Waals surface area contributed by atoms with Crippen molar-refractivity contribution in [2.75, 3.05) is 5.32 Å². The van der Waals surface area contributed by atoms with Crippen LogP contribution in [0.25, 0.3) is 33.4 Å². The van der Waals surface area contributed by atoms with Crippen LogP contribution in [0.1, 0.15) is 6.92 Å². The van der Waals surface area contributed by atoms with Gasteiger partial charge in [-0.1, -0.05) is 92.4 Å². The van der Waals surface area contributed by atoms with E-state index >= 15 is 0 Å². The van der Waals surface area contributed by atoms with Crippen molar-refractivity contribution in [3.05, 3.63) is 132 Å². The average Bonchev–Trinajstić information content (AvgIpc) is 3.71. The molecule has 0 spiro atoms. The lowest BCUT2D eigenvalue weighted by Crippen LogP contribution is -2.36. The second-order valence-corrected chi connectivity index (χ2v) is 9.69. The first kappa shape index (κ1) is 27.9. The van der Waals surface area contributed by atoms with Crippen LogP contribution in [0.5, 0.6) is 0 Å². The summed E-state index contributed by atoms with van der Waals surface area (Å²) in [5.41, 5.74) is 2.88. The van der Waals surface area contributed by atoms with Crippen LogP contribution in [0, 0.1) is 0 Å². The summed E-state index contributed by atoms with van der Waals surface area (Å²) in [5, 5.41) is 30.3. The maximum Gasteiger partial charge on any atom is 0.300 e. The van der Waals surface area contributed by atoms with Crippen LogP contribution in [0.15, 0.2) is 121 Å². The molecule has 0 unspecified atom stereocenters. The number of amides is 1. The van der Waals surface area contributed by atoms with Gasteiger partial charge in [-0.15, -0.1) is 0 Å². The summed E-state index contributed by atoms with van der Waals surface area (Å²) >= 11 is 0. The van der Waals surface area contributed by atoms with Gasteiger partial charge in [-0.2, -0.15) is 0 Å². The predicted octanol–water partition coefficient (Wildman–Crippen LogP) is 4.22. The number of rotatable bonds is 9. The largest absolute Gasteiger partial charge is 0.311 e. The molecule has 1 amide bonds. The van der Waals surface area contributed by atoms with Gasteiger partial charge in [0.1, 0.15) is 28.3 Å². The van der Waals surface area contributed by atoms with E-state index in [2.05, 4.69) is 51.5 Å². The first-order chi connectivity index (χ1) is 22.6. The van der Waals surface area contributed by atoms with Crippen LogP contribution in [0.4, 0.5) is 29.7 Å². The number of hydrogen-bond acceptors (Lipinski definition) is 8. The molecule has 224 valence electrons. The van der Waals surface area contributed by atoms with E-state index in [9.17, 15) is 4.79 Å². The lowest BCUT2D eigenvalue weighted by Gasteiger charge is -2.13. The van der Waals surface area contributed by atoms with E-state index in [1.807, 2.05) is 121 Å². The molecule has 7 aromatic rings. The first-order valence-corrected chi connectivity index (χ1v) is 14.1. The number of para-hydroxylation sites is 4. The Balaban J connectivity index is 1.29. The molecule has 0 bridgehead atoms. The number of carbonyl (C=O) groups is 1. The maximum absolute atomic E-state index is 12.0. The normalized spacial score (nSPS) is 10.8. The van der Waals surface area contributed by atoms with Gasteiger partial charge in [0, 0.05) is 6.92 Å². The Bertz CT molecular complexity index is 1960. The number of hydrogen-bond donors (Lipinski definition) is 1. The average molecular weight is 609 g/mol. The van der Waals surface area contributed by atoms with E-state index < -0.39 is 0 Å². The molecule has 7 rings (SSSR count). The third-order valence-corrected chi connectivity index (χ3v) is 6.37. The standard InChI is InChI=1S/C31H24N14O/c1-22(46)32-27-33-28(36-30-38-44(25-18-10-4-11-19-25)40-42(30)23-14-6-2-7-15-23)35-29(34-27)37-31-39-45(26-20-12-5-13-21-26)41-43(31)24-16-8-3-9-17-24/h2-21H,1H3,(H-2,32,33,34,35,36,37,38,39,40,41,46). The molecule has 3 heterocycles. The van der Waals surface area contributed by atoms with Gasteiger partial charge < -0.3 is 5.32 Å². The maximum atomic E-state index is 12.0. The van der Waals surface area contributed by atoms with Gasteiger partial charge >= 0.3 is 11.9 Å². The highest BCUT2D eigenvalue weighted by Crippen LogP contribution is 2.32. The summed E-state index contributed by atoms with van der Waals surface area (Å²) in [6.45, 7) is 1.35. The minimum absolute atomic E-state index is 0.0524. The zero-order valence-electron chi connectivity index (χ0n) is 24.3. The topological polar surface area (TPSA) is 165 Å². The van der Waals surface area contributed by atoms with Gasteiger partial charge in [0.05, 0.1) is 0 Å². The van der Waals surface area contributed by atoms with E-state index in [0.29, 0.717) is 11.4 Å². The van der Waals surface area contributed by atoms with Crippen molar-refractivity contribution in [1.82, 2.24) is 44.9 Å². The third kappa shape index (κ3) is 6.09. The third-order valence-electron chi connectivity index (χ3n) is 6.37. The Morgan fingerprint density at radius 2 is 0.978 bits per heavy atom. The summed E-state index contributed by atoms with van der Waals surface area (Å²) in [5.74, 6) is -0.214. The quantitative estimate of drug-likeness (QED) is 0.238. The number of nitrogens with one attached hydrogen (secondary N) is 1. The Labute approximate surface area is 261 Å². The Kier molecular flexibility index (Phi) is 7.51. The Morgan fingerprint density at radius 1 is 0.587 bits per heavy atom. The lowest BCUT2D eigenvalue weighted by atomic mass is 10.3. The molecule has 0 aliphatic carbocycles. The van der Waals surface area contributed by atoms with Gasteiger partial charge in [0.15, 0.2) is 22.7 Å². The minimum Gasteiger partial charge on any atom is -0.311 e. The highest BCUT2D eigenvalue weighted by atomic mass is 16.1. The summed E-state index contributed by atoms with van der Waals surface area (Å²) < 4.78 is 3.11. The van der Waals surface area contributed by atoms with Crippen LogP contribution in [-0.2, 0) is 4.79 Å². The van der Waals surface area contributed by atoms with Gasteiger partial charge in [-0.3, -0.25) is 19.7 Å². The van der Waals surface area contributed by atoms with Crippen LogP contribution in [0.2, 0.25) is 0 Å². The van der Waals surface area contributed by atoms with E-state index in [-0.39, 0.29) is 35.6 Å². The SMILES string of the molecule is CC(=O)Nc1nc([N-]c2n[n+](-c3ccccc3)nn2-c2ccccc2)nc([N-]c2n[n+](-c3ccccc3)nn2-c2ccccc2)n1. The Morgan fingerprint density at radius 3 is 1.37 bits per heavy atom. The summed E-state index contributed by atoms with van der Waals surface area (Å²) in [7, 11) is 0. The first-order valence-electron chi connectivity index (χ1n) is 14.1. The van der Waals surface area contributed by atoms with Gasteiger partial charge in [-0.05, 0) is 58.1 Å². The summed E-state index contributed by atoms with van der Waals surface area (Å²) in [4.78, 5) is 28.1. The van der Waals surface area contributed by atoms with E-state index in [1.54, 1.807) is 9.36 Å². The molecule has 0 aliphatic heterocycles. The van der Waals surface area contributed by atoms with Crippen LogP contribution >= 0.6 is 0 Å². The number of aromatic nitrogens is 11. The molecular formula is C31H24N14O. The van der Waals surface area contributed by atoms with Crippen LogP contribution in [0.3, 0.4) is 0 Å². The van der Waals surface area contributed by atoms with Crippen molar-refractivity contribution in [3.63, 3.8) is 0 Å². The van der Waals surface area contributed by atoms with Crippen molar-refractivity contribution in [2.45, 2.75) is 6.92 Å². The molecule has 46 heavy (non-hydrogen) atoms. The summed E-state index contributed by atoms with van der Waals surface area (Å²) in [6.07, 6.45) is 0. The monoisotopic (exact) mass is 608 g/mol. The van der Waals surface area contributed by atoms with Crippen LogP contribution < -0.4 is 14.9 Å².